The summed E-state index contributed by atoms with van der Waals surface area (Å²) in [5, 5.41) is 0. The van der Waals surface area contributed by atoms with Crippen LogP contribution in [0.15, 0.2) is 29.2 Å². The van der Waals surface area contributed by atoms with Crippen molar-refractivity contribution in [3.63, 3.8) is 0 Å². The van der Waals surface area contributed by atoms with Crippen LogP contribution in [0.3, 0.4) is 0 Å². The lowest BCUT2D eigenvalue weighted by molar-refractivity contribution is -0.143. The Morgan fingerprint density at radius 2 is 1.21 bits per heavy atom. The standard InChI is InChI=1S/C24H29F6NO2S/c1-12(2)16-8-18(13(3)4)22(19(9-16)14(5)6)34(32,33)31-21-11-17(23(25,26)27)10-20(15(21)7)24(28,29)30/h8-14,31H,1-7H3. The summed E-state index contributed by atoms with van der Waals surface area (Å²) in [6.45, 7) is 11.9. The lowest BCUT2D eigenvalue weighted by atomic mass is 9.89. The molecule has 0 heterocycles. The molecule has 0 aliphatic heterocycles. The first-order valence-electron chi connectivity index (χ1n) is 10.8. The maximum atomic E-state index is 13.5. The van der Waals surface area contributed by atoms with Gasteiger partial charge in [0.25, 0.3) is 10.0 Å². The minimum atomic E-state index is -5.10. The first-order valence-corrected chi connectivity index (χ1v) is 12.2. The van der Waals surface area contributed by atoms with Gasteiger partial charge in [0.15, 0.2) is 0 Å². The van der Waals surface area contributed by atoms with E-state index in [-0.39, 0.29) is 28.7 Å². The van der Waals surface area contributed by atoms with Crippen LogP contribution < -0.4 is 4.72 Å². The van der Waals surface area contributed by atoms with Crippen molar-refractivity contribution in [1.29, 1.82) is 0 Å². The molecule has 0 unspecified atom stereocenters. The molecular weight excluding hydrogens is 480 g/mol. The van der Waals surface area contributed by atoms with Crippen LogP contribution in [0.25, 0.3) is 0 Å². The third-order valence-corrected chi connectivity index (χ3v) is 7.13. The topological polar surface area (TPSA) is 46.2 Å². The summed E-state index contributed by atoms with van der Waals surface area (Å²) in [5.41, 5.74) is -2.76. The second-order valence-electron chi connectivity index (χ2n) is 9.29. The fourth-order valence-electron chi connectivity index (χ4n) is 3.67. The molecule has 0 aliphatic carbocycles. The zero-order valence-electron chi connectivity index (χ0n) is 20.0. The molecule has 0 bridgehead atoms. The van der Waals surface area contributed by atoms with E-state index in [9.17, 15) is 34.8 Å². The summed E-state index contributed by atoms with van der Waals surface area (Å²) in [4.78, 5) is -0.118. The molecule has 2 rings (SSSR count). The Kier molecular flexibility index (Phi) is 7.77. The van der Waals surface area contributed by atoms with Gasteiger partial charge < -0.3 is 0 Å². The highest BCUT2D eigenvalue weighted by Gasteiger charge is 2.39. The molecule has 0 saturated heterocycles. The predicted octanol–water partition coefficient (Wildman–Crippen LogP) is 8.20. The highest BCUT2D eigenvalue weighted by molar-refractivity contribution is 7.92. The normalized spacial score (nSPS) is 13.3. The van der Waals surface area contributed by atoms with Crippen molar-refractivity contribution in [3.8, 4) is 0 Å². The van der Waals surface area contributed by atoms with E-state index in [4.69, 9.17) is 0 Å². The molecule has 0 saturated carbocycles. The summed E-state index contributed by atoms with van der Waals surface area (Å²) in [5.74, 6) is -0.452. The Hall–Kier alpha value is -2.23. The van der Waals surface area contributed by atoms with E-state index in [2.05, 4.69) is 0 Å². The van der Waals surface area contributed by atoms with Crippen molar-refractivity contribution >= 4 is 15.7 Å². The zero-order chi connectivity index (χ0) is 26.4. The maximum absolute atomic E-state index is 13.5. The molecule has 0 amide bonds. The van der Waals surface area contributed by atoms with E-state index < -0.39 is 44.8 Å². The lowest BCUT2D eigenvalue weighted by Gasteiger charge is -2.24. The molecule has 0 fully saturated rings. The number of hydrogen-bond donors (Lipinski definition) is 1. The number of anilines is 1. The fourth-order valence-corrected chi connectivity index (χ4v) is 5.49. The van der Waals surface area contributed by atoms with E-state index >= 15 is 0 Å². The van der Waals surface area contributed by atoms with Gasteiger partial charge in [0, 0.05) is 0 Å². The van der Waals surface area contributed by atoms with Crippen molar-refractivity contribution in [2.75, 3.05) is 4.72 Å². The third-order valence-electron chi connectivity index (χ3n) is 5.63. The van der Waals surface area contributed by atoms with Crippen molar-refractivity contribution < 1.29 is 34.8 Å². The molecule has 0 atom stereocenters. The van der Waals surface area contributed by atoms with Crippen molar-refractivity contribution in [2.45, 2.75) is 83.5 Å². The minimum Gasteiger partial charge on any atom is -0.279 e. The molecule has 10 heteroatoms. The average molecular weight is 510 g/mol. The fraction of sp³-hybridized carbons (Fsp3) is 0.500. The van der Waals surface area contributed by atoms with E-state index in [1.54, 1.807) is 39.8 Å². The Morgan fingerprint density at radius 1 is 0.735 bits per heavy atom. The van der Waals surface area contributed by atoms with Gasteiger partial charge in [0.05, 0.1) is 21.7 Å². The average Bonchev–Trinajstić information content (AvgIpc) is 2.66. The Morgan fingerprint density at radius 3 is 1.56 bits per heavy atom. The number of sulfonamides is 1. The van der Waals surface area contributed by atoms with Crippen LogP contribution in [0.5, 0.6) is 0 Å². The van der Waals surface area contributed by atoms with Gasteiger partial charge in [-0.3, -0.25) is 4.72 Å². The Bertz CT molecular complexity index is 1130. The molecule has 2 aromatic carbocycles. The number of benzene rings is 2. The second-order valence-corrected chi connectivity index (χ2v) is 10.9. The first kappa shape index (κ1) is 28.0. The van der Waals surface area contributed by atoms with E-state index in [0.717, 1.165) is 12.5 Å². The molecule has 2 aromatic rings. The summed E-state index contributed by atoms with van der Waals surface area (Å²) in [7, 11) is -4.54. The van der Waals surface area contributed by atoms with Crippen molar-refractivity contribution in [3.05, 3.63) is 57.6 Å². The van der Waals surface area contributed by atoms with Gasteiger partial charge in [-0.15, -0.1) is 0 Å². The quantitative estimate of drug-likeness (QED) is 0.399. The van der Waals surface area contributed by atoms with Crippen LogP contribution in [0.1, 0.15) is 92.7 Å². The third kappa shape index (κ3) is 5.87. The minimum absolute atomic E-state index is 0.0103. The van der Waals surface area contributed by atoms with Gasteiger partial charge in [-0.05, 0) is 59.1 Å². The molecule has 190 valence electrons. The summed E-state index contributed by atoms with van der Waals surface area (Å²) in [6.07, 6.45) is -10.2. The predicted molar refractivity (Wildman–Crippen MR) is 121 cm³/mol. The van der Waals surface area contributed by atoms with Crippen LogP contribution in [0, 0.1) is 6.92 Å². The number of hydrogen-bond acceptors (Lipinski definition) is 2. The molecule has 0 radical (unpaired) electrons. The van der Waals surface area contributed by atoms with Gasteiger partial charge in [0.2, 0.25) is 0 Å². The van der Waals surface area contributed by atoms with Gasteiger partial charge in [-0.25, -0.2) is 8.42 Å². The number of halogens is 6. The van der Waals surface area contributed by atoms with Gasteiger partial charge in [-0.1, -0.05) is 53.7 Å². The monoisotopic (exact) mass is 509 g/mol. The van der Waals surface area contributed by atoms with Crippen LogP contribution in [0.4, 0.5) is 32.0 Å². The smallest absolute Gasteiger partial charge is 0.279 e. The van der Waals surface area contributed by atoms with Gasteiger partial charge in [0.1, 0.15) is 0 Å². The Labute approximate surface area is 196 Å². The highest BCUT2D eigenvalue weighted by Crippen LogP contribution is 2.42. The molecule has 0 aromatic heterocycles. The van der Waals surface area contributed by atoms with Crippen LogP contribution in [-0.4, -0.2) is 8.42 Å². The van der Waals surface area contributed by atoms with Crippen molar-refractivity contribution in [2.24, 2.45) is 0 Å². The molecule has 34 heavy (non-hydrogen) atoms. The Balaban J connectivity index is 2.84. The number of alkyl halides is 6. The summed E-state index contributed by atoms with van der Waals surface area (Å²) in [6, 6.07) is 3.85. The summed E-state index contributed by atoms with van der Waals surface area (Å²) < 4.78 is 110. The van der Waals surface area contributed by atoms with Gasteiger partial charge in [-0.2, -0.15) is 26.3 Å². The molecule has 1 N–H and O–H groups in total. The molecule has 3 nitrogen and oxygen atoms in total. The number of rotatable bonds is 6. The largest absolute Gasteiger partial charge is 0.416 e. The summed E-state index contributed by atoms with van der Waals surface area (Å²) >= 11 is 0. The molecule has 0 aliphatic rings. The molecule has 0 spiro atoms. The highest BCUT2D eigenvalue weighted by atomic mass is 32.2. The lowest BCUT2D eigenvalue weighted by Crippen LogP contribution is -2.21. The van der Waals surface area contributed by atoms with Crippen LogP contribution >= 0.6 is 0 Å². The SMILES string of the molecule is Cc1c(NS(=O)(=O)c2c(C(C)C)cc(C(C)C)cc2C(C)C)cc(C(F)(F)F)cc1C(F)(F)F. The van der Waals surface area contributed by atoms with E-state index in [1.165, 1.54) is 0 Å². The van der Waals surface area contributed by atoms with Crippen LogP contribution in [-0.2, 0) is 22.4 Å². The second kappa shape index (κ2) is 9.43. The van der Waals surface area contributed by atoms with E-state index in [1.807, 2.05) is 18.6 Å². The zero-order valence-corrected chi connectivity index (χ0v) is 20.9. The number of nitrogens with one attached hydrogen (secondary N) is 1. The van der Waals surface area contributed by atoms with E-state index in [0.29, 0.717) is 17.2 Å². The van der Waals surface area contributed by atoms with Crippen molar-refractivity contribution in [1.82, 2.24) is 0 Å². The van der Waals surface area contributed by atoms with Gasteiger partial charge >= 0.3 is 12.4 Å². The maximum Gasteiger partial charge on any atom is 0.416 e. The first-order chi connectivity index (χ1) is 15.3. The molecular formula is C24H29F6NO2S. The van der Waals surface area contributed by atoms with Crippen LogP contribution in [0.2, 0.25) is 0 Å².